The molecule has 3 N–H and O–H groups in total. The summed E-state index contributed by atoms with van der Waals surface area (Å²) in [7, 11) is 0. The second-order valence-corrected chi connectivity index (χ2v) is 6.76. The Balaban J connectivity index is 1.62. The first-order chi connectivity index (χ1) is 13.8. The van der Waals surface area contributed by atoms with E-state index in [-0.39, 0.29) is 5.91 Å². The number of H-pyrrole nitrogens is 2. The number of carbonyl (C=O) groups excluding carboxylic acids is 1. The minimum absolute atomic E-state index is 0.0508. The number of carbonyl (C=O) groups is 1. The maximum absolute atomic E-state index is 12.4. The van der Waals surface area contributed by atoms with Crippen molar-refractivity contribution < 1.29 is 4.79 Å². The third-order valence-electron chi connectivity index (χ3n) is 4.75. The van der Waals surface area contributed by atoms with E-state index < -0.39 is 0 Å². The molecule has 0 spiro atoms. The highest BCUT2D eigenvalue weighted by molar-refractivity contribution is 5.97. The Morgan fingerprint density at radius 2 is 1.89 bits per heavy atom. The number of imidazole rings is 2. The van der Waals surface area contributed by atoms with Crippen molar-refractivity contribution in [3.63, 3.8) is 0 Å². The number of rotatable bonds is 7. The molecule has 0 aliphatic rings. The number of fused-ring (bicyclic) bond motifs is 1. The molecule has 0 unspecified atom stereocenters. The van der Waals surface area contributed by atoms with Crippen molar-refractivity contribution in [2.45, 2.75) is 26.2 Å². The smallest absolute Gasteiger partial charge is 0.251 e. The van der Waals surface area contributed by atoms with Crippen LogP contribution in [0, 0.1) is 0 Å². The number of amides is 1. The van der Waals surface area contributed by atoms with Crippen molar-refractivity contribution in [2.24, 2.45) is 0 Å². The van der Waals surface area contributed by atoms with Crippen molar-refractivity contribution >= 4 is 16.9 Å². The van der Waals surface area contributed by atoms with E-state index in [2.05, 4.69) is 27.2 Å². The molecule has 6 heteroatoms. The van der Waals surface area contributed by atoms with E-state index in [1.807, 2.05) is 42.5 Å². The van der Waals surface area contributed by atoms with Gasteiger partial charge < -0.3 is 15.3 Å². The van der Waals surface area contributed by atoms with E-state index >= 15 is 0 Å². The summed E-state index contributed by atoms with van der Waals surface area (Å²) >= 11 is 0. The van der Waals surface area contributed by atoms with E-state index in [4.69, 9.17) is 4.98 Å². The van der Waals surface area contributed by atoms with Gasteiger partial charge >= 0.3 is 0 Å². The van der Waals surface area contributed by atoms with E-state index in [0.29, 0.717) is 12.1 Å². The van der Waals surface area contributed by atoms with Gasteiger partial charge in [-0.1, -0.05) is 44.0 Å². The standard InChI is InChI=1S/C22H23N5O/c1-2-3-6-11-25-22(28)15-9-10-18-19(14-15)27-21(26-18)17-8-5-4-7-16(17)20-23-12-13-24-20/h4-5,7-10,12-14H,2-3,6,11H2,1H3,(H,23,24)(H,25,28)(H,26,27). The molecule has 0 saturated heterocycles. The van der Waals surface area contributed by atoms with Crippen LogP contribution in [-0.2, 0) is 0 Å². The average Bonchev–Trinajstić information content (AvgIpc) is 3.40. The predicted octanol–water partition coefficient (Wildman–Crippen LogP) is 4.54. The number of aromatic nitrogens is 4. The number of benzene rings is 2. The molecular weight excluding hydrogens is 350 g/mol. The zero-order chi connectivity index (χ0) is 19.3. The molecule has 28 heavy (non-hydrogen) atoms. The fourth-order valence-corrected chi connectivity index (χ4v) is 3.27. The molecular formula is C22H23N5O. The van der Waals surface area contributed by atoms with Gasteiger partial charge in [-0.05, 0) is 24.6 Å². The van der Waals surface area contributed by atoms with Gasteiger partial charge in [0, 0.05) is 35.6 Å². The third kappa shape index (κ3) is 3.67. The van der Waals surface area contributed by atoms with Crippen LogP contribution >= 0.6 is 0 Å². The Kier molecular flexibility index (Phi) is 5.19. The molecule has 1 amide bonds. The van der Waals surface area contributed by atoms with Crippen molar-refractivity contribution in [2.75, 3.05) is 6.54 Å². The molecule has 6 nitrogen and oxygen atoms in total. The van der Waals surface area contributed by atoms with Crippen molar-refractivity contribution in [1.82, 2.24) is 25.3 Å². The number of nitrogens with one attached hydrogen (secondary N) is 3. The van der Waals surface area contributed by atoms with Crippen LogP contribution in [0.3, 0.4) is 0 Å². The highest BCUT2D eigenvalue weighted by Crippen LogP contribution is 2.29. The minimum Gasteiger partial charge on any atom is -0.352 e. The molecule has 142 valence electrons. The molecule has 4 rings (SSSR count). The van der Waals surface area contributed by atoms with E-state index in [1.54, 1.807) is 12.4 Å². The largest absolute Gasteiger partial charge is 0.352 e. The lowest BCUT2D eigenvalue weighted by molar-refractivity contribution is 0.0953. The number of hydrogen-bond acceptors (Lipinski definition) is 3. The molecule has 2 aromatic heterocycles. The maximum atomic E-state index is 12.4. The lowest BCUT2D eigenvalue weighted by Crippen LogP contribution is -2.24. The Bertz CT molecular complexity index is 1080. The van der Waals surface area contributed by atoms with Crippen molar-refractivity contribution in [3.05, 3.63) is 60.4 Å². The first-order valence-electron chi connectivity index (χ1n) is 9.63. The summed E-state index contributed by atoms with van der Waals surface area (Å²) in [5, 5.41) is 2.98. The molecule has 2 heterocycles. The highest BCUT2D eigenvalue weighted by atomic mass is 16.1. The van der Waals surface area contributed by atoms with Crippen LogP contribution in [0.1, 0.15) is 36.5 Å². The highest BCUT2D eigenvalue weighted by Gasteiger charge is 2.14. The monoisotopic (exact) mass is 373 g/mol. The van der Waals surface area contributed by atoms with Crippen LogP contribution < -0.4 is 5.32 Å². The summed E-state index contributed by atoms with van der Waals surface area (Å²) in [4.78, 5) is 27.9. The summed E-state index contributed by atoms with van der Waals surface area (Å²) in [5.41, 5.74) is 4.23. The summed E-state index contributed by atoms with van der Waals surface area (Å²) in [6.07, 6.45) is 6.80. The first-order valence-corrected chi connectivity index (χ1v) is 9.63. The van der Waals surface area contributed by atoms with Gasteiger partial charge in [0.15, 0.2) is 0 Å². The maximum Gasteiger partial charge on any atom is 0.251 e. The fraction of sp³-hybridized carbons (Fsp3) is 0.227. The van der Waals surface area contributed by atoms with E-state index in [9.17, 15) is 4.79 Å². The van der Waals surface area contributed by atoms with Gasteiger partial charge in [0.1, 0.15) is 11.6 Å². The van der Waals surface area contributed by atoms with Gasteiger partial charge in [-0.15, -0.1) is 0 Å². The Labute approximate surface area is 163 Å². The van der Waals surface area contributed by atoms with Crippen LogP contribution in [0.5, 0.6) is 0 Å². The Morgan fingerprint density at radius 3 is 2.64 bits per heavy atom. The quantitative estimate of drug-likeness (QED) is 0.416. The Hall–Kier alpha value is -3.41. The average molecular weight is 373 g/mol. The molecule has 4 aromatic rings. The lowest BCUT2D eigenvalue weighted by atomic mass is 10.1. The van der Waals surface area contributed by atoms with Crippen LogP contribution in [0.25, 0.3) is 33.8 Å². The van der Waals surface area contributed by atoms with Gasteiger partial charge in [-0.3, -0.25) is 4.79 Å². The van der Waals surface area contributed by atoms with Crippen LogP contribution in [0.4, 0.5) is 0 Å². The molecule has 0 radical (unpaired) electrons. The molecule has 0 bridgehead atoms. The summed E-state index contributed by atoms with van der Waals surface area (Å²) < 4.78 is 0. The fourth-order valence-electron chi connectivity index (χ4n) is 3.27. The molecule has 0 aliphatic heterocycles. The van der Waals surface area contributed by atoms with Crippen LogP contribution in [-0.4, -0.2) is 32.4 Å². The summed E-state index contributed by atoms with van der Waals surface area (Å²) in [6.45, 7) is 2.85. The summed E-state index contributed by atoms with van der Waals surface area (Å²) in [5.74, 6) is 1.50. The number of nitrogens with zero attached hydrogens (tertiary/aromatic N) is 2. The SMILES string of the molecule is CCCCCNC(=O)c1ccc2nc(-c3ccccc3-c3ncc[nH]3)[nH]c2c1. The zero-order valence-corrected chi connectivity index (χ0v) is 15.8. The van der Waals surface area contributed by atoms with Crippen molar-refractivity contribution in [3.8, 4) is 22.8 Å². The summed E-state index contributed by atoms with van der Waals surface area (Å²) in [6, 6.07) is 13.5. The molecule has 0 fully saturated rings. The number of aromatic amines is 2. The topological polar surface area (TPSA) is 86.5 Å². The normalized spacial score (nSPS) is 11.0. The van der Waals surface area contributed by atoms with Crippen LogP contribution in [0.15, 0.2) is 54.9 Å². The molecule has 0 saturated carbocycles. The third-order valence-corrected chi connectivity index (χ3v) is 4.75. The van der Waals surface area contributed by atoms with Crippen molar-refractivity contribution in [1.29, 1.82) is 0 Å². The molecule has 2 aromatic carbocycles. The van der Waals surface area contributed by atoms with E-state index in [0.717, 1.165) is 53.1 Å². The van der Waals surface area contributed by atoms with Gasteiger partial charge in [0.05, 0.1) is 11.0 Å². The van der Waals surface area contributed by atoms with Gasteiger partial charge in [0.25, 0.3) is 5.91 Å². The predicted molar refractivity (Wildman–Crippen MR) is 111 cm³/mol. The second-order valence-electron chi connectivity index (χ2n) is 6.76. The van der Waals surface area contributed by atoms with Gasteiger partial charge in [0.2, 0.25) is 0 Å². The van der Waals surface area contributed by atoms with Gasteiger partial charge in [-0.25, -0.2) is 9.97 Å². The minimum atomic E-state index is -0.0508. The number of hydrogen-bond donors (Lipinski definition) is 3. The molecule has 0 atom stereocenters. The zero-order valence-electron chi connectivity index (χ0n) is 15.8. The second kappa shape index (κ2) is 8.08. The van der Waals surface area contributed by atoms with Crippen LogP contribution in [0.2, 0.25) is 0 Å². The lowest BCUT2D eigenvalue weighted by Gasteiger charge is -2.04. The van der Waals surface area contributed by atoms with E-state index in [1.165, 1.54) is 0 Å². The van der Waals surface area contributed by atoms with Gasteiger partial charge in [-0.2, -0.15) is 0 Å². The number of unbranched alkanes of at least 4 members (excludes halogenated alkanes) is 2. The molecule has 0 aliphatic carbocycles. The first kappa shape index (κ1) is 18.0. The Morgan fingerprint density at radius 1 is 1.07 bits per heavy atom.